The van der Waals surface area contributed by atoms with E-state index in [0.717, 1.165) is 59.9 Å². The molecule has 0 amide bonds. The number of nitrogens with zero attached hydrogens (tertiary/aromatic N) is 2. The molecule has 0 spiro atoms. The lowest BCUT2D eigenvalue weighted by atomic mass is 10.1. The monoisotopic (exact) mass is 427 g/mol. The summed E-state index contributed by atoms with van der Waals surface area (Å²) >= 11 is 0. The normalized spacial score (nSPS) is 14.0. The van der Waals surface area contributed by atoms with Crippen molar-refractivity contribution in [2.75, 3.05) is 36.5 Å². The Kier molecular flexibility index (Phi) is 5.58. The summed E-state index contributed by atoms with van der Waals surface area (Å²) < 4.78 is 5.44. The Balaban J connectivity index is 1.53. The van der Waals surface area contributed by atoms with E-state index >= 15 is 0 Å². The number of pyridine rings is 2. The number of nitrogens with two attached hydrogens (primary N) is 1. The SMILES string of the molecule is NCc1cccc(-c2cc3cc[nH]c(=O)c3c(Nc3ccc(N4CCOCC4)cc3)n2)c1. The van der Waals surface area contributed by atoms with Gasteiger partial charge >= 0.3 is 0 Å². The minimum atomic E-state index is -0.176. The average Bonchev–Trinajstić information content (AvgIpc) is 2.85. The van der Waals surface area contributed by atoms with E-state index in [9.17, 15) is 4.79 Å². The van der Waals surface area contributed by atoms with Crippen LogP contribution < -0.4 is 21.5 Å². The van der Waals surface area contributed by atoms with E-state index < -0.39 is 0 Å². The van der Waals surface area contributed by atoms with E-state index in [4.69, 9.17) is 15.5 Å². The number of nitrogens with one attached hydrogen (secondary N) is 2. The van der Waals surface area contributed by atoms with E-state index in [1.54, 1.807) is 6.20 Å². The Morgan fingerprint density at radius 1 is 1.06 bits per heavy atom. The molecular formula is C25H25N5O2. The quantitative estimate of drug-likeness (QED) is 0.450. The fourth-order valence-electron chi connectivity index (χ4n) is 4.02. The van der Waals surface area contributed by atoms with E-state index in [0.29, 0.717) is 17.7 Å². The fourth-order valence-corrected chi connectivity index (χ4v) is 4.02. The number of morpholine rings is 1. The van der Waals surface area contributed by atoms with Gasteiger partial charge in [-0.25, -0.2) is 4.98 Å². The molecule has 32 heavy (non-hydrogen) atoms. The van der Waals surface area contributed by atoms with Crippen molar-refractivity contribution in [3.8, 4) is 11.3 Å². The highest BCUT2D eigenvalue weighted by Crippen LogP contribution is 2.29. The smallest absolute Gasteiger partial charge is 0.259 e. The zero-order valence-corrected chi connectivity index (χ0v) is 17.7. The summed E-state index contributed by atoms with van der Waals surface area (Å²) in [6, 6.07) is 20.0. The van der Waals surface area contributed by atoms with Crippen LogP contribution in [0.1, 0.15) is 5.56 Å². The minimum Gasteiger partial charge on any atom is -0.378 e. The number of H-pyrrole nitrogens is 1. The standard InChI is InChI=1S/C25H25N5O2/c26-16-17-2-1-3-18(14-17)22-15-19-8-9-27-25(31)23(19)24(29-22)28-20-4-6-21(7-5-20)30-10-12-32-13-11-30/h1-9,14-15H,10-13,16,26H2,(H,27,31)(H,28,29). The zero-order valence-electron chi connectivity index (χ0n) is 17.7. The molecule has 0 bridgehead atoms. The molecule has 0 radical (unpaired) electrons. The fraction of sp³-hybridized carbons (Fsp3) is 0.200. The van der Waals surface area contributed by atoms with Crippen LogP contribution in [0.25, 0.3) is 22.0 Å². The molecule has 1 aliphatic rings. The third kappa shape index (κ3) is 4.08. The summed E-state index contributed by atoms with van der Waals surface area (Å²) in [7, 11) is 0. The summed E-state index contributed by atoms with van der Waals surface area (Å²) in [6.07, 6.45) is 1.66. The molecule has 2 aromatic carbocycles. The molecule has 162 valence electrons. The summed E-state index contributed by atoms with van der Waals surface area (Å²) in [5, 5.41) is 4.71. The Hall–Kier alpha value is -3.68. The van der Waals surface area contributed by atoms with Crippen molar-refractivity contribution >= 4 is 28.0 Å². The lowest BCUT2D eigenvalue weighted by Gasteiger charge is -2.28. The number of anilines is 3. The number of rotatable bonds is 5. The number of hydrogen-bond acceptors (Lipinski definition) is 6. The van der Waals surface area contributed by atoms with Crippen molar-refractivity contribution in [3.05, 3.63) is 82.8 Å². The molecule has 7 nitrogen and oxygen atoms in total. The van der Waals surface area contributed by atoms with Crippen LogP contribution in [0.3, 0.4) is 0 Å². The van der Waals surface area contributed by atoms with Crippen molar-refractivity contribution in [2.45, 2.75) is 6.54 Å². The van der Waals surface area contributed by atoms with Crippen LogP contribution in [0, 0.1) is 0 Å². The maximum absolute atomic E-state index is 12.6. The molecule has 5 rings (SSSR count). The van der Waals surface area contributed by atoms with Gasteiger partial charge in [0.15, 0.2) is 0 Å². The van der Waals surface area contributed by atoms with Crippen molar-refractivity contribution in [2.24, 2.45) is 5.73 Å². The molecule has 7 heteroatoms. The third-order valence-electron chi connectivity index (χ3n) is 5.72. The largest absolute Gasteiger partial charge is 0.378 e. The predicted molar refractivity (Wildman–Crippen MR) is 128 cm³/mol. The molecule has 1 aliphatic heterocycles. The van der Waals surface area contributed by atoms with E-state index in [2.05, 4.69) is 27.3 Å². The van der Waals surface area contributed by atoms with Gasteiger partial charge in [0, 0.05) is 42.8 Å². The Bertz CT molecular complexity index is 1290. The van der Waals surface area contributed by atoms with Crippen molar-refractivity contribution in [1.29, 1.82) is 0 Å². The van der Waals surface area contributed by atoms with Crippen LogP contribution in [-0.4, -0.2) is 36.3 Å². The molecular weight excluding hydrogens is 402 g/mol. The summed E-state index contributed by atoms with van der Waals surface area (Å²) in [6.45, 7) is 3.73. The minimum absolute atomic E-state index is 0.176. The van der Waals surface area contributed by atoms with Crippen LogP contribution in [0.4, 0.5) is 17.2 Å². The van der Waals surface area contributed by atoms with Gasteiger partial charge in [-0.3, -0.25) is 4.79 Å². The van der Waals surface area contributed by atoms with Crippen LogP contribution in [0.5, 0.6) is 0 Å². The molecule has 4 aromatic rings. The lowest BCUT2D eigenvalue weighted by molar-refractivity contribution is 0.122. The first kappa shape index (κ1) is 20.2. The predicted octanol–water partition coefficient (Wildman–Crippen LogP) is 3.63. The first-order valence-electron chi connectivity index (χ1n) is 10.7. The van der Waals surface area contributed by atoms with Gasteiger partial charge < -0.3 is 25.7 Å². The van der Waals surface area contributed by atoms with Gasteiger partial charge in [0.05, 0.1) is 24.3 Å². The second-order valence-electron chi connectivity index (χ2n) is 7.80. The van der Waals surface area contributed by atoms with Crippen LogP contribution >= 0.6 is 0 Å². The molecule has 0 atom stereocenters. The number of benzene rings is 2. The average molecular weight is 428 g/mol. The maximum atomic E-state index is 12.6. The highest BCUT2D eigenvalue weighted by Gasteiger charge is 2.13. The number of aromatic nitrogens is 2. The molecule has 0 aliphatic carbocycles. The van der Waals surface area contributed by atoms with Gasteiger partial charge in [-0.2, -0.15) is 0 Å². The van der Waals surface area contributed by atoms with Crippen molar-refractivity contribution in [1.82, 2.24) is 9.97 Å². The molecule has 4 N–H and O–H groups in total. The van der Waals surface area contributed by atoms with E-state index in [1.165, 1.54) is 0 Å². The van der Waals surface area contributed by atoms with E-state index in [-0.39, 0.29) is 5.56 Å². The lowest BCUT2D eigenvalue weighted by Crippen LogP contribution is -2.36. The number of aromatic amines is 1. The summed E-state index contributed by atoms with van der Waals surface area (Å²) in [5.74, 6) is 0.525. The van der Waals surface area contributed by atoms with Gasteiger partial charge in [-0.05, 0) is 53.4 Å². The van der Waals surface area contributed by atoms with Crippen LogP contribution in [0.15, 0.2) is 71.7 Å². The van der Waals surface area contributed by atoms with Gasteiger partial charge in [-0.1, -0.05) is 18.2 Å². The Morgan fingerprint density at radius 3 is 2.66 bits per heavy atom. The topological polar surface area (TPSA) is 96.3 Å². The maximum Gasteiger partial charge on any atom is 0.259 e. The first-order chi connectivity index (χ1) is 15.7. The van der Waals surface area contributed by atoms with Crippen molar-refractivity contribution in [3.63, 3.8) is 0 Å². The van der Waals surface area contributed by atoms with Gasteiger partial charge in [-0.15, -0.1) is 0 Å². The highest BCUT2D eigenvalue weighted by molar-refractivity contribution is 5.95. The first-order valence-corrected chi connectivity index (χ1v) is 10.7. The number of fused-ring (bicyclic) bond motifs is 1. The zero-order chi connectivity index (χ0) is 21.9. The van der Waals surface area contributed by atoms with Crippen LogP contribution in [0.2, 0.25) is 0 Å². The number of ether oxygens (including phenoxy) is 1. The molecule has 0 saturated carbocycles. The van der Waals surface area contributed by atoms with Gasteiger partial charge in [0.1, 0.15) is 5.82 Å². The van der Waals surface area contributed by atoms with Gasteiger partial charge in [0.2, 0.25) is 0 Å². The van der Waals surface area contributed by atoms with E-state index in [1.807, 2.05) is 48.5 Å². The second kappa shape index (κ2) is 8.82. The van der Waals surface area contributed by atoms with Gasteiger partial charge in [0.25, 0.3) is 5.56 Å². The Morgan fingerprint density at radius 2 is 1.88 bits per heavy atom. The molecule has 0 unspecified atom stereocenters. The molecule has 3 heterocycles. The third-order valence-corrected chi connectivity index (χ3v) is 5.72. The summed E-state index contributed by atoms with van der Waals surface area (Å²) in [5.41, 5.74) is 10.4. The Labute approximate surface area is 185 Å². The van der Waals surface area contributed by atoms with Crippen LogP contribution in [-0.2, 0) is 11.3 Å². The van der Waals surface area contributed by atoms with Crippen molar-refractivity contribution < 1.29 is 4.74 Å². The second-order valence-corrected chi connectivity index (χ2v) is 7.80. The highest BCUT2D eigenvalue weighted by atomic mass is 16.5. The molecule has 2 aromatic heterocycles. The molecule has 1 fully saturated rings. The number of hydrogen-bond donors (Lipinski definition) is 3. The summed E-state index contributed by atoms with van der Waals surface area (Å²) in [4.78, 5) is 22.5. The molecule has 1 saturated heterocycles.